The zero-order valence-electron chi connectivity index (χ0n) is 15.9. The van der Waals surface area contributed by atoms with Gasteiger partial charge in [0.1, 0.15) is 34.0 Å². The van der Waals surface area contributed by atoms with Crippen LogP contribution in [0.1, 0.15) is 0 Å². The fourth-order valence-corrected chi connectivity index (χ4v) is 3.13. The molecule has 29 heavy (non-hydrogen) atoms. The Hall–Kier alpha value is -3.93. The first kappa shape index (κ1) is 18.4. The van der Waals surface area contributed by atoms with Gasteiger partial charge in [-0.25, -0.2) is 0 Å². The van der Waals surface area contributed by atoms with E-state index in [2.05, 4.69) is 5.32 Å². The Kier molecular flexibility index (Phi) is 4.83. The topological polar surface area (TPSA) is 80.9 Å². The fraction of sp³-hybridized carbons (Fsp3) is 0.0870. The third kappa shape index (κ3) is 3.73. The zero-order valence-corrected chi connectivity index (χ0v) is 15.9. The van der Waals surface area contributed by atoms with Gasteiger partial charge in [-0.2, -0.15) is 0 Å². The molecular formula is C23H19NO5. The molecule has 0 fully saturated rings. The fourth-order valence-electron chi connectivity index (χ4n) is 3.13. The highest BCUT2D eigenvalue weighted by Crippen LogP contribution is 2.33. The molecule has 6 nitrogen and oxygen atoms in total. The number of hydrogen-bond acceptors (Lipinski definition) is 6. The van der Waals surface area contributed by atoms with Gasteiger partial charge in [0.2, 0.25) is 0 Å². The second kappa shape index (κ2) is 7.59. The number of fused-ring (bicyclic) bond motifs is 1. The van der Waals surface area contributed by atoms with Crippen LogP contribution in [0.15, 0.2) is 75.9 Å². The van der Waals surface area contributed by atoms with Crippen LogP contribution in [0, 0.1) is 0 Å². The minimum Gasteiger partial charge on any atom is -0.507 e. The Balaban J connectivity index is 1.79. The molecule has 2 N–H and O–H groups in total. The SMILES string of the molecule is COc1cc(Nc2cc(O)c3c(=O)cc(-c4ccccc4)oc3c2)cc(OC)c1. The lowest BCUT2D eigenvalue weighted by atomic mass is 10.1. The first-order valence-corrected chi connectivity index (χ1v) is 8.94. The van der Waals surface area contributed by atoms with Crippen LogP contribution < -0.4 is 20.2 Å². The standard InChI is InChI=1S/C23H19NO5/c1-27-17-8-15(9-18(12-17)28-2)24-16-10-19(25)23-20(26)13-21(29-22(23)11-16)14-6-4-3-5-7-14/h3-13,24-25H,1-2H3. The van der Waals surface area contributed by atoms with Crippen molar-refractivity contribution in [2.45, 2.75) is 0 Å². The van der Waals surface area contributed by atoms with Crippen molar-refractivity contribution in [3.63, 3.8) is 0 Å². The lowest BCUT2D eigenvalue weighted by Crippen LogP contribution is -2.02. The van der Waals surface area contributed by atoms with E-state index in [0.29, 0.717) is 28.6 Å². The quantitative estimate of drug-likeness (QED) is 0.504. The van der Waals surface area contributed by atoms with Gasteiger partial charge in [-0.15, -0.1) is 0 Å². The zero-order chi connectivity index (χ0) is 20.4. The summed E-state index contributed by atoms with van der Waals surface area (Å²) in [5, 5.41) is 13.7. The van der Waals surface area contributed by atoms with Crippen molar-refractivity contribution >= 4 is 22.3 Å². The summed E-state index contributed by atoms with van der Waals surface area (Å²) in [5.41, 5.74) is 2.01. The number of ether oxygens (including phenoxy) is 2. The molecule has 1 aromatic heterocycles. The number of methoxy groups -OCH3 is 2. The molecule has 6 heteroatoms. The van der Waals surface area contributed by atoms with Crippen LogP contribution in [0.4, 0.5) is 11.4 Å². The van der Waals surface area contributed by atoms with Gasteiger partial charge in [-0.1, -0.05) is 30.3 Å². The highest BCUT2D eigenvalue weighted by Gasteiger charge is 2.13. The number of anilines is 2. The Morgan fingerprint density at radius 3 is 2.17 bits per heavy atom. The first-order valence-electron chi connectivity index (χ1n) is 8.94. The average Bonchev–Trinajstić information content (AvgIpc) is 2.73. The summed E-state index contributed by atoms with van der Waals surface area (Å²) in [7, 11) is 3.14. The largest absolute Gasteiger partial charge is 0.507 e. The van der Waals surface area contributed by atoms with Gasteiger partial charge >= 0.3 is 0 Å². The van der Waals surface area contributed by atoms with Crippen LogP contribution in [0.5, 0.6) is 17.2 Å². The van der Waals surface area contributed by atoms with Crippen LogP contribution in [0.3, 0.4) is 0 Å². The second-order valence-electron chi connectivity index (χ2n) is 6.44. The van der Waals surface area contributed by atoms with Crippen molar-refractivity contribution in [1.82, 2.24) is 0 Å². The van der Waals surface area contributed by atoms with Crippen LogP contribution >= 0.6 is 0 Å². The van der Waals surface area contributed by atoms with Crippen molar-refractivity contribution in [2.75, 3.05) is 19.5 Å². The average molecular weight is 389 g/mol. The van der Waals surface area contributed by atoms with Crippen LogP contribution in [0.25, 0.3) is 22.3 Å². The number of phenolic OH excluding ortho intramolecular Hbond substituents is 1. The van der Waals surface area contributed by atoms with E-state index < -0.39 is 0 Å². The molecule has 4 aromatic rings. The van der Waals surface area contributed by atoms with Crippen LogP contribution in [-0.2, 0) is 0 Å². The molecule has 0 radical (unpaired) electrons. The summed E-state index contributed by atoms with van der Waals surface area (Å²) in [5.74, 6) is 1.51. The van der Waals surface area contributed by atoms with E-state index in [4.69, 9.17) is 13.9 Å². The Labute approximate surface area is 166 Å². The van der Waals surface area contributed by atoms with E-state index in [1.54, 1.807) is 38.5 Å². The van der Waals surface area contributed by atoms with Gasteiger partial charge in [0, 0.05) is 53.3 Å². The highest BCUT2D eigenvalue weighted by molar-refractivity contribution is 5.88. The van der Waals surface area contributed by atoms with Crippen molar-refractivity contribution in [2.24, 2.45) is 0 Å². The van der Waals surface area contributed by atoms with Gasteiger partial charge in [-0.05, 0) is 0 Å². The summed E-state index contributed by atoms with van der Waals surface area (Å²) < 4.78 is 16.5. The number of phenols is 1. The number of benzene rings is 3. The molecular weight excluding hydrogens is 370 g/mol. The van der Waals surface area contributed by atoms with E-state index in [-0.39, 0.29) is 22.1 Å². The van der Waals surface area contributed by atoms with E-state index in [9.17, 15) is 9.90 Å². The number of rotatable bonds is 5. The molecule has 0 unspecified atom stereocenters. The summed E-state index contributed by atoms with van der Waals surface area (Å²) in [6.45, 7) is 0. The minimum absolute atomic E-state index is 0.137. The molecule has 0 atom stereocenters. The molecule has 146 valence electrons. The maximum atomic E-state index is 12.6. The molecule has 4 rings (SSSR count). The molecule has 3 aromatic carbocycles. The molecule has 0 aliphatic rings. The lowest BCUT2D eigenvalue weighted by molar-refractivity contribution is 0.395. The summed E-state index contributed by atoms with van der Waals surface area (Å²) in [6.07, 6.45) is 0. The predicted octanol–water partition coefficient (Wildman–Crippen LogP) is 4.93. The third-order valence-electron chi connectivity index (χ3n) is 4.51. The summed E-state index contributed by atoms with van der Waals surface area (Å²) in [4.78, 5) is 12.6. The normalized spacial score (nSPS) is 10.7. The van der Waals surface area contributed by atoms with Gasteiger partial charge in [0.25, 0.3) is 0 Å². The first-order chi connectivity index (χ1) is 14.1. The highest BCUT2D eigenvalue weighted by atomic mass is 16.5. The Bertz CT molecular complexity index is 1210. The monoisotopic (exact) mass is 389 g/mol. The van der Waals surface area contributed by atoms with Crippen molar-refractivity contribution in [3.05, 3.63) is 77.0 Å². The predicted molar refractivity (Wildman–Crippen MR) is 112 cm³/mol. The Morgan fingerprint density at radius 1 is 0.862 bits per heavy atom. The maximum Gasteiger partial charge on any atom is 0.197 e. The van der Waals surface area contributed by atoms with Crippen LogP contribution in [0.2, 0.25) is 0 Å². The molecule has 1 heterocycles. The molecule has 0 spiro atoms. The molecule has 0 aliphatic carbocycles. The molecule has 0 amide bonds. The third-order valence-corrected chi connectivity index (χ3v) is 4.51. The van der Waals surface area contributed by atoms with Gasteiger partial charge in [-0.3, -0.25) is 4.79 Å². The molecule has 0 aliphatic heterocycles. The van der Waals surface area contributed by atoms with Gasteiger partial charge in [0.15, 0.2) is 5.43 Å². The summed E-state index contributed by atoms with van der Waals surface area (Å²) in [6, 6.07) is 19.2. The Morgan fingerprint density at radius 2 is 1.52 bits per heavy atom. The maximum absolute atomic E-state index is 12.6. The lowest BCUT2D eigenvalue weighted by Gasteiger charge is -2.12. The molecule has 0 saturated heterocycles. The molecule has 0 bridgehead atoms. The van der Waals surface area contributed by atoms with Crippen molar-refractivity contribution in [1.29, 1.82) is 0 Å². The van der Waals surface area contributed by atoms with Crippen LogP contribution in [-0.4, -0.2) is 19.3 Å². The van der Waals surface area contributed by atoms with Crippen molar-refractivity contribution < 1.29 is 19.0 Å². The number of nitrogens with one attached hydrogen (secondary N) is 1. The summed E-state index contributed by atoms with van der Waals surface area (Å²) >= 11 is 0. The minimum atomic E-state index is -0.308. The molecule has 0 saturated carbocycles. The van der Waals surface area contributed by atoms with E-state index in [0.717, 1.165) is 5.56 Å². The van der Waals surface area contributed by atoms with Crippen molar-refractivity contribution in [3.8, 4) is 28.6 Å². The van der Waals surface area contributed by atoms with Gasteiger partial charge < -0.3 is 24.3 Å². The smallest absolute Gasteiger partial charge is 0.197 e. The van der Waals surface area contributed by atoms with E-state index in [1.165, 1.54) is 12.1 Å². The van der Waals surface area contributed by atoms with E-state index >= 15 is 0 Å². The van der Waals surface area contributed by atoms with Gasteiger partial charge in [0.05, 0.1) is 14.2 Å². The number of hydrogen-bond donors (Lipinski definition) is 2. The number of aromatic hydroxyl groups is 1. The second-order valence-corrected chi connectivity index (χ2v) is 6.44. The van der Waals surface area contributed by atoms with E-state index in [1.807, 2.05) is 30.3 Å².